The van der Waals surface area contributed by atoms with Gasteiger partial charge in [0.1, 0.15) is 104 Å². The quantitative estimate of drug-likeness (QED) is 0.0491. The minimum atomic E-state index is -1.90. The number of esters is 2. The van der Waals surface area contributed by atoms with Crippen LogP contribution in [-0.2, 0) is 61.7 Å². The highest BCUT2D eigenvalue weighted by Crippen LogP contribution is 2.76. The first-order valence-corrected chi connectivity index (χ1v) is 31.0. The molecule has 0 aromatic rings. The first-order chi connectivity index (χ1) is 40.7. The number of aliphatic hydroxyl groups excluding tert-OH is 14. The molecule has 0 radical (unpaired) electrons. The molecule has 5 aliphatic heterocycles. The van der Waals surface area contributed by atoms with Crippen LogP contribution < -0.4 is 0 Å². The van der Waals surface area contributed by atoms with Gasteiger partial charge >= 0.3 is 11.9 Å². The molecule has 0 aromatic carbocycles. The average Bonchev–Trinajstić information content (AvgIpc) is 0.852. The van der Waals surface area contributed by atoms with Gasteiger partial charge in [-0.2, -0.15) is 0 Å². The molecule has 9 fully saturated rings. The van der Waals surface area contributed by atoms with Crippen molar-refractivity contribution in [3.05, 3.63) is 11.6 Å². The Bertz CT molecular complexity index is 2470. The maximum Gasteiger partial charge on any atom is 0.337 e. The molecule has 0 aromatic heterocycles. The summed E-state index contributed by atoms with van der Waals surface area (Å²) in [5.41, 5.74) is -1.44. The summed E-state index contributed by atoms with van der Waals surface area (Å²) in [4.78, 5) is 28.5. The van der Waals surface area contributed by atoms with E-state index in [1.165, 1.54) is 12.5 Å². The van der Waals surface area contributed by atoms with E-state index in [2.05, 4.69) is 54.5 Å². The van der Waals surface area contributed by atoms with Crippen LogP contribution in [-0.4, -0.2) is 264 Å². The molecule has 5 heterocycles. The highest BCUT2D eigenvalue weighted by Gasteiger charge is 2.70. The molecule has 87 heavy (non-hydrogen) atoms. The standard InChI is InChI=1S/C60H96O27/c1-24-33(63)36(66)41(71)50(79-24)84-45-28(22-62)81-49(43(73)38(45)68)78-23-29-35(65)37(67)42(72)52(82-29)87-54(76)60-18-16-55(2,3)20-26(60)25-10-11-31-57(6)14-13-32(56(4,5)30(57)12-15-59(31,8)58(25,7)17-19-60)83-53-44(74)39(69)46(47(86-53)48(75)77-9)85-51-40(70)34(64)27(21-61)80-51/h10,24,26-47,49-53,61-74H,11-23H2,1-9H3/t24-,26-,27+,28+,29+,30+,31-,32-,33+,34+,35-,36+,37+,38-,39+,40-,41-,42+,43-,44-,45+,46+,47-,49-,50-,51-,52+,53-,57-,58-,59-,60-/m0/s1. The summed E-state index contributed by atoms with van der Waals surface area (Å²) in [7, 11) is 1.12. The minimum absolute atomic E-state index is 0.0910. The number of ether oxygens (including phenoxy) is 11. The monoisotopic (exact) mass is 1250 g/mol. The third-order valence-corrected chi connectivity index (χ3v) is 23.3. The topological polar surface area (TPSA) is 419 Å². The Hall–Kier alpha value is -2.24. The zero-order valence-electron chi connectivity index (χ0n) is 51.0. The average molecular weight is 1250 g/mol. The van der Waals surface area contributed by atoms with Crippen molar-refractivity contribution >= 4 is 11.9 Å². The maximum absolute atomic E-state index is 15.2. The number of methoxy groups -OCH3 is 1. The molecule has 27 heteroatoms. The van der Waals surface area contributed by atoms with Crippen LogP contribution in [0.1, 0.15) is 120 Å². The molecule has 32 atom stereocenters. The van der Waals surface area contributed by atoms with Crippen molar-refractivity contribution < 1.29 is 133 Å². The van der Waals surface area contributed by atoms with Gasteiger partial charge < -0.3 is 124 Å². The number of allylic oxidation sites excluding steroid dienone is 2. The molecule has 5 aliphatic carbocycles. The first kappa shape index (κ1) is 67.6. The Balaban J connectivity index is 0.819. The molecule has 5 saturated heterocycles. The number of carbonyl (C=O) groups excluding carboxylic acids is 2. The molecule has 4 saturated carbocycles. The normalized spacial score (nSPS) is 52.9. The van der Waals surface area contributed by atoms with Crippen LogP contribution in [0.4, 0.5) is 0 Å². The van der Waals surface area contributed by atoms with E-state index in [1.54, 1.807) is 0 Å². The summed E-state index contributed by atoms with van der Waals surface area (Å²) >= 11 is 0. The number of carbonyl (C=O) groups is 2. The third kappa shape index (κ3) is 11.4. The molecule has 498 valence electrons. The lowest BCUT2D eigenvalue weighted by atomic mass is 9.33. The second kappa shape index (κ2) is 24.9. The van der Waals surface area contributed by atoms with Crippen LogP contribution in [0.15, 0.2) is 11.6 Å². The van der Waals surface area contributed by atoms with Gasteiger partial charge in [-0.3, -0.25) is 4.79 Å². The summed E-state index contributed by atoms with van der Waals surface area (Å²) < 4.78 is 63.9. The molecule has 0 spiro atoms. The van der Waals surface area contributed by atoms with Crippen LogP contribution in [0, 0.1) is 50.2 Å². The zero-order valence-corrected chi connectivity index (χ0v) is 51.0. The van der Waals surface area contributed by atoms with Gasteiger partial charge in [-0.1, -0.05) is 60.1 Å². The fourth-order valence-electron chi connectivity index (χ4n) is 17.7. The molecule has 27 nitrogen and oxygen atoms in total. The summed E-state index contributed by atoms with van der Waals surface area (Å²) in [6.07, 6.45) is -30.7. The lowest BCUT2D eigenvalue weighted by Gasteiger charge is -2.71. The lowest BCUT2D eigenvalue weighted by molar-refractivity contribution is -0.361. The van der Waals surface area contributed by atoms with Gasteiger partial charge in [-0.05, 0) is 116 Å². The SMILES string of the molecule is COC(=O)[C@H]1O[C@H](O[C@H]2CC[C@@]3(C)[C@H](CC[C@@]4(C)[C@H]3CC=C3[C@@H]5CC(C)(C)CC[C@]5(C(=O)O[C@H]5O[C@H](CO[C@H]6O[C@H](CO)[C@@H](O[C@@H]7O[C@@H](C)[C@@H](O)[C@@H](O)[C@@H]7O)[C@@H](O)[C@@H]6O)[C@H](O)[C@@H](O)[C@H]5O)CC[C@@]34C)C2(C)C)[C@@H](O)[C@@H](O)[C@H]1O[C@@H]1O[C@H](CO)[C@@H](O)[C@@H]1O. The van der Waals surface area contributed by atoms with Crippen LogP contribution in [0.25, 0.3) is 0 Å². The van der Waals surface area contributed by atoms with E-state index in [4.69, 9.17) is 52.1 Å². The molecule has 10 aliphatic rings. The Morgan fingerprint density at radius 3 is 1.77 bits per heavy atom. The van der Waals surface area contributed by atoms with Gasteiger partial charge in [-0.25, -0.2) is 4.79 Å². The highest BCUT2D eigenvalue weighted by atomic mass is 16.8. The van der Waals surface area contributed by atoms with E-state index in [0.717, 1.165) is 32.8 Å². The largest absolute Gasteiger partial charge is 0.467 e. The zero-order chi connectivity index (χ0) is 63.6. The predicted octanol–water partition coefficient (Wildman–Crippen LogP) is -2.36. The second-order valence-corrected chi connectivity index (χ2v) is 28.8. The van der Waals surface area contributed by atoms with E-state index >= 15 is 4.79 Å². The molecule has 0 amide bonds. The predicted molar refractivity (Wildman–Crippen MR) is 293 cm³/mol. The van der Waals surface area contributed by atoms with Crippen molar-refractivity contribution in [2.75, 3.05) is 26.9 Å². The van der Waals surface area contributed by atoms with E-state index in [-0.39, 0.29) is 39.4 Å². The third-order valence-electron chi connectivity index (χ3n) is 23.3. The number of aliphatic hydroxyl groups is 14. The Labute approximate surface area is 505 Å². The minimum Gasteiger partial charge on any atom is -0.467 e. The Morgan fingerprint density at radius 1 is 0.552 bits per heavy atom. The van der Waals surface area contributed by atoms with Gasteiger partial charge in [0.2, 0.25) is 6.29 Å². The van der Waals surface area contributed by atoms with E-state index in [0.29, 0.717) is 38.5 Å². The number of rotatable bonds is 14. The summed E-state index contributed by atoms with van der Waals surface area (Å²) in [6, 6.07) is 0. The van der Waals surface area contributed by atoms with Crippen molar-refractivity contribution in [2.24, 2.45) is 50.2 Å². The van der Waals surface area contributed by atoms with Crippen molar-refractivity contribution in [3.8, 4) is 0 Å². The van der Waals surface area contributed by atoms with Crippen LogP contribution in [0.3, 0.4) is 0 Å². The number of fused-ring (bicyclic) bond motifs is 7. The summed E-state index contributed by atoms with van der Waals surface area (Å²) in [5, 5.41) is 151. The fraction of sp³-hybridized carbons (Fsp3) is 0.933. The van der Waals surface area contributed by atoms with Crippen LogP contribution in [0.2, 0.25) is 0 Å². The number of hydrogen-bond donors (Lipinski definition) is 14. The first-order valence-electron chi connectivity index (χ1n) is 31.0. The smallest absolute Gasteiger partial charge is 0.337 e. The molecular formula is C60H96O27. The Kier molecular flexibility index (Phi) is 19.4. The van der Waals surface area contributed by atoms with E-state index in [1.807, 2.05) is 0 Å². The van der Waals surface area contributed by atoms with Crippen molar-refractivity contribution in [2.45, 2.75) is 273 Å². The van der Waals surface area contributed by atoms with E-state index < -0.39 is 196 Å². The van der Waals surface area contributed by atoms with Crippen molar-refractivity contribution in [1.29, 1.82) is 0 Å². The molecule has 10 rings (SSSR count). The lowest BCUT2D eigenvalue weighted by Crippen LogP contribution is -2.66. The second-order valence-electron chi connectivity index (χ2n) is 28.8. The van der Waals surface area contributed by atoms with Gasteiger partial charge in [-0.15, -0.1) is 0 Å². The molecule has 14 N–H and O–H groups in total. The molecule has 0 bridgehead atoms. The number of hydrogen-bond acceptors (Lipinski definition) is 27. The van der Waals surface area contributed by atoms with Crippen LogP contribution >= 0.6 is 0 Å². The fourth-order valence-corrected chi connectivity index (χ4v) is 17.7. The van der Waals surface area contributed by atoms with Crippen molar-refractivity contribution in [1.82, 2.24) is 0 Å². The maximum atomic E-state index is 15.2. The highest BCUT2D eigenvalue weighted by molar-refractivity contribution is 5.79. The van der Waals surface area contributed by atoms with Gasteiger partial charge in [0, 0.05) is 0 Å². The van der Waals surface area contributed by atoms with Gasteiger partial charge in [0.05, 0.1) is 44.6 Å². The summed E-state index contributed by atoms with van der Waals surface area (Å²) in [5.74, 6) is -1.58. The van der Waals surface area contributed by atoms with E-state index in [9.17, 15) is 76.3 Å². The summed E-state index contributed by atoms with van der Waals surface area (Å²) in [6.45, 7) is 15.1. The Morgan fingerprint density at radius 2 is 1.10 bits per heavy atom. The van der Waals surface area contributed by atoms with Crippen molar-refractivity contribution in [3.63, 3.8) is 0 Å². The van der Waals surface area contributed by atoms with Gasteiger partial charge in [0.15, 0.2) is 31.3 Å². The van der Waals surface area contributed by atoms with Crippen LogP contribution in [0.5, 0.6) is 0 Å². The molecule has 0 unspecified atom stereocenters. The molecular weight excluding hydrogens is 1150 g/mol. The van der Waals surface area contributed by atoms with Gasteiger partial charge in [0.25, 0.3) is 0 Å².